The fourth-order valence-corrected chi connectivity index (χ4v) is 4.54. The molecule has 1 heterocycles. The highest BCUT2D eigenvalue weighted by molar-refractivity contribution is 6.06. The Morgan fingerprint density at radius 2 is 1.72 bits per heavy atom. The van der Waals surface area contributed by atoms with Gasteiger partial charge in [0.05, 0.1) is 10.5 Å². The second-order valence-electron chi connectivity index (χ2n) is 9.34. The number of carbonyl (C=O) groups is 2. The first-order valence-corrected chi connectivity index (χ1v) is 12.9. The molecule has 2 N–H and O–H groups in total. The minimum absolute atomic E-state index is 0.161. The predicted molar refractivity (Wildman–Crippen MR) is 150 cm³/mol. The molecule has 39 heavy (non-hydrogen) atoms. The van der Waals surface area contributed by atoms with E-state index in [1.807, 2.05) is 24.3 Å². The summed E-state index contributed by atoms with van der Waals surface area (Å²) in [6, 6.07) is 21.1. The second-order valence-corrected chi connectivity index (χ2v) is 9.34. The van der Waals surface area contributed by atoms with E-state index in [-0.39, 0.29) is 17.2 Å². The number of amides is 2. The average molecular weight is 532 g/mol. The molecule has 1 fully saturated rings. The molecule has 0 aliphatic carbocycles. The molecule has 10 nitrogen and oxygen atoms in total. The Balaban J connectivity index is 1.49. The van der Waals surface area contributed by atoms with E-state index in [2.05, 4.69) is 32.6 Å². The number of methoxy groups -OCH3 is 1. The van der Waals surface area contributed by atoms with Gasteiger partial charge in [-0.2, -0.15) is 0 Å². The summed E-state index contributed by atoms with van der Waals surface area (Å²) < 4.78 is 5.08. The standard InChI is InChI=1S/C29H33N5O5/c1-39-18-6-13-30-29(36)26-20-24(31-28(35)23-9-5-10-25(19-23)34(37)38)11-12-27(26)33-16-14-32(15-17-33)21-22-7-3-2-4-8-22/h2-5,7-12,19-20H,6,13-18,21H2,1H3,(H,30,36)(H,31,35). The Kier molecular flexibility index (Phi) is 9.60. The predicted octanol–water partition coefficient (Wildman–Crippen LogP) is 3.94. The molecule has 2 amide bonds. The highest BCUT2D eigenvalue weighted by atomic mass is 16.6. The molecule has 1 saturated heterocycles. The minimum Gasteiger partial charge on any atom is -0.385 e. The third-order valence-electron chi connectivity index (χ3n) is 6.59. The number of non-ortho nitro benzene ring substituents is 1. The van der Waals surface area contributed by atoms with Gasteiger partial charge in [-0.05, 0) is 36.2 Å². The van der Waals surface area contributed by atoms with Crippen molar-refractivity contribution in [1.82, 2.24) is 10.2 Å². The van der Waals surface area contributed by atoms with E-state index in [1.54, 1.807) is 19.2 Å². The maximum absolute atomic E-state index is 13.2. The molecule has 0 spiro atoms. The van der Waals surface area contributed by atoms with Crippen molar-refractivity contribution in [3.8, 4) is 0 Å². The molecular weight excluding hydrogens is 498 g/mol. The normalized spacial score (nSPS) is 13.6. The number of benzene rings is 3. The SMILES string of the molecule is COCCCNC(=O)c1cc(NC(=O)c2cccc([N+](=O)[O-])c2)ccc1N1CCN(Cc2ccccc2)CC1. The van der Waals surface area contributed by atoms with Crippen LogP contribution in [0.5, 0.6) is 0 Å². The fraction of sp³-hybridized carbons (Fsp3) is 0.310. The molecule has 1 aliphatic rings. The van der Waals surface area contributed by atoms with Crippen LogP contribution in [0.25, 0.3) is 0 Å². The van der Waals surface area contributed by atoms with Gasteiger partial charge in [-0.3, -0.25) is 24.6 Å². The van der Waals surface area contributed by atoms with Gasteiger partial charge in [0.1, 0.15) is 0 Å². The van der Waals surface area contributed by atoms with Gasteiger partial charge in [0.25, 0.3) is 17.5 Å². The first-order valence-electron chi connectivity index (χ1n) is 12.9. The Morgan fingerprint density at radius 1 is 0.949 bits per heavy atom. The lowest BCUT2D eigenvalue weighted by atomic mass is 10.1. The number of rotatable bonds is 11. The number of nitro benzene ring substituents is 1. The van der Waals surface area contributed by atoms with Crippen LogP contribution in [0.3, 0.4) is 0 Å². The third kappa shape index (κ3) is 7.62. The van der Waals surface area contributed by atoms with Crippen molar-refractivity contribution in [1.29, 1.82) is 0 Å². The monoisotopic (exact) mass is 531 g/mol. The van der Waals surface area contributed by atoms with Gasteiger partial charge in [0.15, 0.2) is 0 Å². The summed E-state index contributed by atoms with van der Waals surface area (Å²) in [5.74, 6) is -0.730. The van der Waals surface area contributed by atoms with Crippen LogP contribution in [-0.2, 0) is 11.3 Å². The number of anilines is 2. The van der Waals surface area contributed by atoms with Crippen molar-refractivity contribution in [3.63, 3.8) is 0 Å². The fourth-order valence-electron chi connectivity index (χ4n) is 4.54. The molecule has 10 heteroatoms. The lowest BCUT2D eigenvalue weighted by Gasteiger charge is -2.37. The number of piperazine rings is 1. The summed E-state index contributed by atoms with van der Waals surface area (Å²) in [6.07, 6.45) is 0.680. The van der Waals surface area contributed by atoms with Gasteiger partial charge in [-0.1, -0.05) is 36.4 Å². The summed E-state index contributed by atoms with van der Waals surface area (Å²) in [5, 5.41) is 16.8. The Bertz CT molecular complexity index is 1290. The molecule has 0 aromatic heterocycles. The van der Waals surface area contributed by atoms with E-state index in [1.165, 1.54) is 29.8 Å². The van der Waals surface area contributed by atoms with Crippen LogP contribution in [0.1, 0.15) is 32.7 Å². The topological polar surface area (TPSA) is 117 Å². The lowest BCUT2D eigenvalue weighted by Crippen LogP contribution is -2.46. The molecule has 0 atom stereocenters. The Labute approximate surface area is 227 Å². The Hall–Kier alpha value is -4.28. The highest BCUT2D eigenvalue weighted by Gasteiger charge is 2.23. The molecule has 0 radical (unpaired) electrons. The summed E-state index contributed by atoms with van der Waals surface area (Å²) in [5.41, 5.74) is 2.95. The zero-order valence-electron chi connectivity index (χ0n) is 22.0. The molecule has 3 aromatic carbocycles. The third-order valence-corrected chi connectivity index (χ3v) is 6.59. The number of hydrogen-bond donors (Lipinski definition) is 2. The molecular formula is C29H33N5O5. The number of nitrogens with one attached hydrogen (secondary N) is 2. The van der Waals surface area contributed by atoms with Gasteiger partial charge in [0.2, 0.25) is 0 Å². The van der Waals surface area contributed by atoms with Crippen LogP contribution in [0.15, 0.2) is 72.8 Å². The molecule has 0 bridgehead atoms. The van der Waals surface area contributed by atoms with Gasteiger partial charge < -0.3 is 20.3 Å². The number of ether oxygens (including phenoxy) is 1. The van der Waals surface area contributed by atoms with Crippen LogP contribution in [0, 0.1) is 10.1 Å². The molecule has 4 rings (SSSR count). The molecule has 1 aliphatic heterocycles. The lowest BCUT2D eigenvalue weighted by molar-refractivity contribution is -0.384. The maximum atomic E-state index is 13.2. The molecule has 0 saturated carbocycles. The number of nitro groups is 1. The maximum Gasteiger partial charge on any atom is 0.270 e. The van der Waals surface area contributed by atoms with Gasteiger partial charge in [0, 0.05) is 82.1 Å². The average Bonchev–Trinajstić information content (AvgIpc) is 2.96. The Morgan fingerprint density at radius 3 is 2.44 bits per heavy atom. The molecule has 204 valence electrons. The largest absolute Gasteiger partial charge is 0.385 e. The number of hydrogen-bond acceptors (Lipinski definition) is 7. The zero-order valence-corrected chi connectivity index (χ0v) is 22.0. The van der Waals surface area contributed by atoms with E-state index in [0.29, 0.717) is 30.8 Å². The highest BCUT2D eigenvalue weighted by Crippen LogP contribution is 2.27. The van der Waals surface area contributed by atoms with E-state index < -0.39 is 10.8 Å². The van der Waals surface area contributed by atoms with Crippen LogP contribution in [-0.4, -0.2) is 68.1 Å². The number of nitrogens with zero attached hydrogens (tertiary/aromatic N) is 3. The second kappa shape index (κ2) is 13.5. The van der Waals surface area contributed by atoms with E-state index in [4.69, 9.17) is 4.74 Å². The minimum atomic E-state index is -0.544. The van der Waals surface area contributed by atoms with Crippen LogP contribution < -0.4 is 15.5 Å². The molecule has 3 aromatic rings. The van der Waals surface area contributed by atoms with Gasteiger partial charge >= 0.3 is 0 Å². The molecule has 0 unspecified atom stereocenters. The first kappa shape index (κ1) is 27.7. The van der Waals surface area contributed by atoms with E-state index >= 15 is 0 Å². The zero-order chi connectivity index (χ0) is 27.6. The van der Waals surface area contributed by atoms with Crippen LogP contribution >= 0.6 is 0 Å². The van der Waals surface area contributed by atoms with Crippen molar-refractivity contribution >= 4 is 28.9 Å². The van der Waals surface area contributed by atoms with E-state index in [9.17, 15) is 19.7 Å². The van der Waals surface area contributed by atoms with E-state index in [0.717, 1.165) is 38.4 Å². The number of carbonyl (C=O) groups excluding carboxylic acids is 2. The van der Waals surface area contributed by atoms with Crippen LogP contribution in [0.4, 0.5) is 17.1 Å². The quantitative estimate of drug-likeness (QED) is 0.219. The van der Waals surface area contributed by atoms with Crippen LogP contribution in [0.2, 0.25) is 0 Å². The summed E-state index contributed by atoms with van der Waals surface area (Å²) in [6.45, 7) is 5.11. The van der Waals surface area contributed by atoms with Crippen molar-refractivity contribution in [2.75, 3.05) is 56.7 Å². The first-order chi connectivity index (χ1) is 18.9. The smallest absolute Gasteiger partial charge is 0.270 e. The van der Waals surface area contributed by atoms with Crippen molar-refractivity contribution in [3.05, 3.63) is 99.6 Å². The van der Waals surface area contributed by atoms with Crippen molar-refractivity contribution in [2.45, 2.75) is 13.0 Å². The summed E-state index contributed by atoms with van der Waals surface area (Å²) in [4.78, 5) is 41.2. The van der Waals surface area contributed by atoms with Crippen molar-refractivity contribution < 1.29 is 19.2 Å². The summed E-state index contributed by atoms with van der Waals surface area (Å²) in [7, 11) is 1.62. The van der Waals surface area contributed by atoms with Gasteiger partial charge in [-0.25, -0.2) is 0 Å². The summed E-state index contributed by atoms with van der Waals surface area (Å²) >= 11 is 0. The van der Waals surface area contributed by atoms with Gasteiger partial charge in [-0.15, -0.1) is 0 Å². The van der Waals surface area contributed by atoms with Crippen molar-refractivity contribution in [2.24, 2.45) is 0 Å².